The molecule has 0 radical (unpaired) electrons. The van der Waals surface area contributed by atoms with Crippen molar-refractivity contribution in [2.24, 2.45) is 5.92 Å². The van der Waals surface area contributed by atoms with Crippen LogP contribution in [0.15, 0.2) is 0 Å². The van der Waals surface area contributed by atoms with E-state index in [-0.39, 0.29) is 0 Å². The van der Waals surface area contributed by atoms with Gasteiger partial charge in [0, 0.05) is 6.54 Å². The second-order valence-electron chi connectivity index (χ2n) is 5.35. The van der Waals surface area contributed by atoms with Gasteiger partial charge in [0.15, 0.2) is 6.29 Å². The Balaban J connectivity index is 2.65. The summed E-state index contributed by atoms with van der Waals surface area (Å²) in [7, 11) is 4.11. The minimum atomic E-state index is 0.500. The third-order valence-electron chi connectivity index (χ3n) is 2.91. The molecule has 0 N–H and O–H groups in total. The molecule has 0 atom stereocenters. The molecule has 0 bridgehead atoms. The molecular weight excluding hydrogens is 228 g/mol. The number of nitrogens with zero attached hydrogens (tertiary/aromatic N) is 4. The van der Waals surface area contributed by atoms with Gasteiger partial charge < -0.3 is 4.90 Å². The van der Waals surface area contributed by atoms with Crippen LogP contribution in [-0.2, 0) is 13.0 Å². The third kappa shape index (κ3) is 4.56. The molecule has 1 aromatic heterocycles. The number of carbonyl (C=O) groups is 1. The lowest BCUT2D eigenvalue weighted by atomic mass is 10.1. The number of hydrogen-bond acceptors (Lipinski definition) is 4. The van der Waals surface area contributed by atoms with Crippen molar-refractivity contribution in [3.8, 4) is 0 Å². The van der Waals surface area contributed by atoms with Crippen LogP contribution in [0, 0.1) is 5.92 Å². The highest BCUT2D eigenvalue weighted by Crippen LogP contribution is 2.11. The first-order valence-corrected chi connectivity index (χ1v) is 6.56. The summed E-state index contributed by atoms with van der Waals surface area (Å²) in [6, 6.07) is 0. The van der Waals surface area contributed by atoms with Gasteiger partial charge in [0.2, 0.25) is 0 Å². The molecule has 0 aromatic carbocycles. The first kappa shape index (κ1) is 14.8. The predicted octanol–water partition coefficient (Wildman–Crippen LogP) is 1.63. The zero-order valence-corrected chi connectivity index (χ0v) is 11.9. The summed E-state index contributed by atoms with van der Waals surface area (Å²) in [5, 5.41) is 8.02. The highest BCUT2D eigenvalue weighted by atomic mass is 16.1. The largest absolute Gasteiger partial charge is 0.309 e. The Kier molecular flexibility index (Phi) is 5.98. The zero-order valence-electron chi connectivity index (χ0n) is 11.9. The number of aldehydes is 1. The van der Waals surface area contributed by atoms with E-state index in [2.05, 4.69) is 43.2 Å². The van der Waals surface area contributed by atoms with Crippen molar-refractivity contribution in [1.29, 1.82) is 0 Å². The van der Waals surface area contributed by atoms with E-state index in [9.17, 15) is 4.79 Å². The lowest BCUT2D eigenvalue weighted by Crippen LogP contribution is -2.16. The van der Waals surface area contributed by atoms with Crippen LogP contribution in [0.3, 0.4) is 0 Å². The highest BCUT2D eigenvalue weighted by Gasteiger charge is 2.12. The van der Waals surface area contributed by atoms with E-state index >= 15 is 0 Å². The Bertz CT molecular complexity index is 371. The molecule has 0 aliphatic rings. The summed E-state index contributed by atoms with van der Waals surface area (Å²) in [4.78, 5) is 13.1. The van der Waals surface area contributed by atoms with Gasteiger partial charge in [-0.3, -0.25) is 4.79 Å². The maximum Gasteiger partial charge on any atom is 0.172 e. The van der Waals surface area contributed by atoms with Gasteiger partial charge in [0.05, 0.1) is 5.69 Å². The Morgan fingerprint density at radius 2 is 2.11 bits per heavy atom. The topological polar surface area (TPSA) is 51.0 Å². The molecule has 1 rings (SSSR count). The third-order valence-corrected chi connectivity index (χ3v) is 2.91. The van der Waals surface area contributed by atoms with Crippen molar-refractivity contribution in [3.63, 3.8) is 0 Å². The van der Waals surface area contributed by atoms with E-state index in [1.807, 2.05) is 4.68 Å². The van der Waals surface area contributed by atoms with Crippen molar-refractivity contribution < 1.29 is 4.79 Å². The van der Waals surface area contributed by atoms with E-state index in [4.69, 9.17) is 0 Å². The molecule has 1 heterocycles. The molecule has 0 saturated heterocycles. The minimum Gasteiger partial charge on any atom is -0.309 e. The molecule has 0 saturated carbocycles. The fraction of sp³-hybridized carbons (Fsp3) is 0.769. The summed E-state index contributed by atoms with van der Waals surface area (Å²) >= 11 is 0. The Morgan fingerprint density at radius 1 is 1.39 bits per heavy atom. The van der Waals surface area contributed by atoms with Crippen molar-refractivity contribution in [3.05, 3.63) is 11.4 Å². The molecule has 0 amide bonds. The second-order valence-corrected chi connectivity index (χ2v) is 5.35. The van der Waals surface area contributed by atoms with Crippen molar-refractivity contribution in [2.75, 3.05) is 20.6 Å². The number of aryl methyl sites for hydroxylation is 1. The SMILES string of the molecule is CC(C)CCc1c(C=O)nnn1CCCN(C)C. The molecule has 0 aliphatic heterocycles. The molecule has 0 aliphatic carbocycles. The second kappa shape index (κ2) is 7.26. The fourth-order valence-electron chi connectivity index (χ4n) is 1.84. The summed E-state index contributed by atoms with van der Waals surface area (Å²) < 4.78 is 1.88. The molecule has 5 heteroatoms. The Morgan fingerprint density at radius 3 is 2.67 bits per heavy atom. The highest BCUT2D eigenvalue weighted by molar-refractivity contribution is 5.73. The van der Waals surface area contributed by atoms with Gasteiger partial charge in [-0.05, 0) is 45.8 Å². The van der Waals surface area contributed by atoms with Gasteiger partial charge in [-0.15, -0.1) is 5.10 Å². The normalized spacial score (nSPS) is 11.4. The summed E-state index contributed by atoms with van der Waals surface area (Å²) in [5.41, 5.74) is 1.48. The van der Waals surface area contributed by atoms with E-state index in [1.165, 1.54) is 0 Å². The fourth-order valence-corrected chi connectivity index (χ4v) is 1.84. The van der Waals surface area contributed by atoms with E-state index in [1.54, 1.807) is 0 Å². The van der Waals surface area contributed by atoms with E-state index in [0.29, 0.717) is 11.6 Å². The summed E-state index contributed by atoms with van der Waals surface area (Å²) in [6.45, 7) is 6.20. The Labute approximate surface area is 109 Å². The van der Waals surface area contributed by atoms with E-state index < -0.39 is 0 Å². The maximum atomic E-state index is 10.9. The first-order valence-electron chi connectivity index (χ1n) is 6.56. The summed E-state index contributed by atoms with van der Waals surface area (Å²) in [5.74, 6) is 0.620. The van der Waals surface area contributed by atoms with Crippen LogP contribution in [-0.4, -0.2) is 46.8 Å². The van der Waals surface area contributed by atoms with Gasteiger partial charge in [0.25, 0.3) is 0 Å². The van der Waals surface area contributed by atoms with Crippen LogP contribution in [0.2, 0.25) is 0 Å². The van der Waals surface area contributed by atoms with Crippen molar-refractivity contribution in [2.45, 2.75) is 39.7 Å². The van der Waals surface area contributed by atoms with Crippen LogP contribution in [0.4, 0.5) is 0 Å². The number of rotatable bonds is 8. The molecular formula is C13H24N4O. The van der Waals surface area contributed by atoms with Crippen molar-refractivity contribution >= 4 is 6.29 Å². The van der Waals surface area contributed by atoms with Crippen LogP contribution >= 0.6 is 0 Å². The first-order chi connectivity index (χ1) is 8.54. The van der Waals surface area contributed by atoms with E-state index in [0.717, 1.165) is 44.3 Å². The zero-order chi connectivity index (χ0) is 13.5. The molecule has 102 valence electrons. The monoisotopic (exact) mass is 252 g/mol. The number of carbonyl (C=O) groups excluding carboxylic acids is 1. The van der Waals surface area contributed by atoms with Gasteiger partial charge in [-0.25, -0.2) is 4.68 Å². The van der Waals surface area contributed by atoms with Crippen LogP contribution in [0.5, 0.6) is 0 Å². The maximum absolute atomic E-state index is 10.9. The van der Waals surface area contributed by atoms with Gasteiger partial charge >= 0.3 is 0 Å². The predicted molar refractivity (Wildman–Crippen MR) is 71.7 cm³/mol. The molecule has 0 unspecified atom stereocenters. The van der Waals surface area contributed by atoms with Crippen LogP contribution in [0.1, 0.15) is 42.9 Å². The number of hydrogen-bond donors (Lipinski definition) is 0. The van der Waals surface area contributed by atoms with Crippen molar-refractivity contribution in [1.82, 2.24) is 19.9 Å². The average molecular weight is 252 g/mol. The number of aromatic nitrogens is 3. The molecule has 1 aromatic rings. The standard InChI is InChI=1S/C13H24N4O/c1-11(2)6-7-13-12(10-18)14-15-17(13)9-5-8-16(3)4/h10-11H,5-9H2,1-4H3. The lowest BCUT2D eigenvalue weighted by Gasteiger charge is -2.11. The Hall–Kier alpha value is -1.23. The quantitative estimate of drug-likeness (QED) is 0.660. The lowest BCUT2D eigenvalue weighted by molar-refractivity contribution is 0.111. The van der Waals surface area contributed by atoms with Crippen LogP contribution < -0.4 is 0 Å². The molecule has 18 heavy (non-hydrogen) atoms. The molecule has 5 nitrogen and oxygen atoms in total. The van der Waals surface area contributed by atoms with Gasteiger partial charge in [-0.2, -0.15) is 0 Å². The van der Waals surface area contributed by atoms with Gasteiger partial charge in [0.1, 0.15) is 5.69 Å². The minimum absolute atomic E-state index is 0.500. The average Bonchev–Trinajstić information content (AvgIpc) is 2.68. The molecule has 0 spiro atoms. The van der Waals surface area contributed by atoms with Crippen LogP contribution in [0.25, 0.3) is 0 Å². The smallest absolute Gasteiger partial charge is 0.172 e. The summed E-state index contributed by atoms with van der Waals surface area (Å²) in [6.07, 6.45) is 3.76. The van der Waals surface area contributed by atoms with Gasteiger partial charge in [-0.1, -0.05) is 19.1 Å². The molecule has 0 fully saturated rings.